The smallest absolute Gasteiger partial charge is 0.361 e. The number of nitrogens with one attached hydrogen (secondary N) is 1. The Morgan fingerprint density at radius 2 is 1.82 bits per heavy atom. The Kier molecular flexibility index (Phi) is 4.93. The maximum Gasteiger partial charge on any atom is 0.446 e. The fraction of sp³-hybridized carbons (Fsp3) is 0.190. The first kappa shape index (κ1) is 18.7. The standard InChI is InChI=1S/C21H17F3N2OS/c22-21(23,24)28-19-8-4-2-6-16(19)20(27)26-11-9-14(10-12-26)17-13-25-18-7-3-1-5-15(17)18/h1-9,13,25H,10-12H2. The molecule has 0 aliphatic carbocycles. The normalized spacial score (nSPS) is 15.0. The highest BCUT2D eigenvalue weighted by Crippen LogP contribution is 2.39. The van der Waals surface area contributed by atoms with E-state index in [0.717, 1.165) is 22.0 Å². The second kappa shape index (κ2) is 7.39. The Morgan fingerprint density at radius 1 is 1.07 bits per heavy atom. The average Bonchev–Trinajstić information content (AvgIpc) is 3.11. The summed E-state index contributed by atoms with van der Waals surface area (Å²) < 4.78 is 38.4. The van der Waals surface area contributed by atoms with Crippen LogP contribution in [0.3, 0.4) is 0 Å². The summed E-state index contributed by atoms with van der Waals surface area (Å²) in [6.45, 7) is 0.841. The van der Waals surface area contributed by atoms with Crippen LogP contribution >= 0.6 is 11.8 Å². The lowest BCUT2D eigenvalue weighted by atomic mass is 9.98. The van der Waals surface area contributed by atoms with E-state index in [0.29, 0.717) is 19.5 Å². The Morgan fingerprint density at radius 3 is 2.57 bits per heavy atom. The van der Waals surface area contributed by atoms with Crippen molar-refractivity contribution in [1.82, 2.24) is 9.88 Å². The summed E-state index contributed by atoms with van der Waals surface area (Å²) in [7, 11) is 0. The number of hydrogen-bond acceptors (Lipinski definition) is 2. The Labute approximate surface area is 164 Å². The zero-order chi connectivity index (χ0) is 19.7. The number of amides is 1. The number of fused-ring (bicyclic) bond motifs is 1. The van der Waals surface area contributed by atoms with Crippen molar-refractivity contribution < 1.29 is 18.0 Å². The number of alkyl halides is 3. The third kappa shape index (κ3) is 3.80. The number of carbonyl (C=O) groups is 1. The first-order chi connectivity index (χ1) is 13.4. The molecule has 144 valence electrons. The average molecular weight is 402 g/mol. The summed E-state index contributed by atoms with van der Waals surface area (Å²) in [6, 6.07) is 13.9. The van der Waals surface area contributed by atoms with Gasteiger partial charge in [0.25, 0.3) is 5.91 Å². The summed E-state index contributed by atoms with van der Waals surface area (Å²) in [5.41, 5.74) is -1.04. The van der Waals surface area contributed by atoms with Crippen LogP contribution in [0.1, 0.15) is 22.3 Å². The van der Waals surface area contributed by atoms with E-state index in [-0.39, 0.29) is 28.1 Å². The van der Waals surface area contributed by atoms with Crippen LogP contribution in [0.25, 0.3) is 16.5 Å². The number of para-hydroxylation sites is 1. The van der Waals surface area contributed by atoms with Gasteiger partial charge in [0.1, 0.15) is 0 Å². The summed E-state index contributed by atoms with van der Waals surface area (Å²) in [6.07, 6.45) is 4.60. The van der Waals surface area contributed by atoms with E-state index in [1.54, 1.807) is 11.0 Å². The molecule has 3 nitrogen and oxygen atoms in total. The van der Waals surface area contributed by atoms with E-state index in [4.69, 9.17) is 0 Å². The minimum atomic E-state index is -4.43. The Hall–Kier alpha value is -2.67. The highest BCUT2D eigenvalue weighted by molar-refractivity contribution is 8.00. The number of H-pyrrole nitrogens is 1. The van der Waals surface area contributed by atoms with Crippen LogP contribution in [0.2, 0.25) is 0 Å². The van der Waals surface area contributed by atoms with Crippen molar-refractivity contribution >= 4 is 34.1 Å². The van der Waals surface area contributed by atoms with Crippen LogP contribution in [-0.2, 0) is 0 Å². The zero-order valence-corrected chi connectivity index (χ0v) is 15.6. The van der Waals surface area contributed by atoms with Gasteiger partial charge in [-0.3, -0.25) is 4.79 Å². The van der Waals surface area contributed by atoms with Gasteiger partial charge in [-0.05, 0) is 42.0 Å². The number of hydrogen-bond donors (Lipinski definition) is 1. The number of aromatic amines is 1. The maximum atomic E-state index is 12.8. The fourth-order valence-electron chi connectivity index (χ4n) is 3.46. The van der Waals surface area contributed by atoms with Crippen LogP contribution in [0, 0.1) is 0 Å². The van der Waals surface area contributed by atoms with Gasteiger partial charge in [0, 0.05) is 40.6 Å². The van der Waals surface area contributed by atoms with Crippen molar-refractivity contribution in [3.8, 4) is 0 Å². The molecule has 0 unspecified atom stereocenters. The predicted molar refractivity (Wildman–Crippen MR) is 105 cm³/mol. The molecule has 2 heterocycles. The third-order valence-electron chi connectivity index (χ3n) is 4.77. The van der Waals surface area contributed by atoms with E-state index in [2.05, 4.69) is 4.98 Å². The van der Waals surface area contributed by atoms with E-state index in [1.807, 2.05) is 36.5 Å². The summed E-state index contributed by atoms with van der Waals surface area (Å²) in [4.78, 5) is 17.6. The van der Waals surface area contributed by atoms with Gasteiger partial charge in [0.15, 0.2) is 0 Å². The van der Waals surface area contributed by atoms with Gasteiger partial charge >= 0.3 is 5.51 Å². The number of carbonyl (C=O) groups excluding carboxylic acids is 1. The lowest BCUT2D eigenvalue weighted by Crippen LogP contribution is -2.35. The Bertz CT molecular complexity index is 1050. The summed E-state index contributed by atoms with van der Waals surface area (Å²) in [5, 5.41) is 1.13. The first-order valence-electron chi connectivity index (χ1n) is 8.82. The molecule has 1 aliphatic rings. The second-order valence-electron chi connectivity index (χ2n) is 6.52. The molecule has 1 aromatic heterocycles. The van der Waals surface area contributed by atoms with Crippen LogP contribution in [0.5, 0.6) is 0 Å². The van der Waals surface area contributed by atoms with Crippen LogP contribution in [0.15, 0.2) is 65.7 Å². The fourth-order valence-corrected chi connectivity index (χ4v) is 4.12. The molecular formula is C21H17F3N2OS. The van der Waals surface area contributed by atoms with Crippen molar-refractivity contribution in [3.05, 3.63) is 71.9 Å². The molecular weight excluding hydrogens is 385 g/mol. The summed E-state index contributed by atoms with van der Waals surface area (Å²) in [5.74, 6) is -0.374. The van der Waals surface area contributed by atoms with Gasteiger partial charge in [0.05, 0.1) is 5.56 Å². The van der Waals surface area contributed by atoms with Gasteiger partial charge in [-0.2, -0.15) is 13.2 Å². The topological polar surface area (TPSA) is 36.1 Å². The highest BCUT2D eigenvalue weighted by atomic mass is 32.2. The number of halogens is 3. The zero-order valence-electron chi connectivity index (χ0n) is 14.8. The van der Waals surface area contributed by atoms with Gasteiger partial charge in [-0.1, -0.05) is 36.4 Å². The Balaban J connectivity index is 1.55. The van der Waals surface area contributed by atoms with Crippen LogP contribution in [-0.4, -0.2) is 34.4 Å². The molecule has 1 amide bonds. The minimum absolute atomic E-state index is 0.0635. The van der Waals surface area contributed by atoms with Gasteiger partial charge in [-0.15, -0.1) is 0 Å². The number of thioether (sulfide) groups is 1. The van der Waals surface area contributed by atoms with E-state index >= 15 is 0 Å². The van der Waals surface area contributed by atoms with Gasteiger partial charge in [0.2, 0.25) is 0 Å². The molecule has 0 fully saturated rings. The molecule has 3 aromatic rings. The summed E-state index contributed by atoms with van der Waals surface area (Å²) >= 11 is -0.247. The molecule has 0 atom stereocenters. The monoisotopic (exact) mass is 402 g/mol. The molecule has 0 spiro atoms. The number of nitrogens with zero attached hydrogens (tertiary/aromatic N) is 1. The predicted octanol–water partition coefficient (Wildman–Crippen LogP) is 5.71. The van der Waals surface area contributed by atoms with Gasteiger partial charge in [-0.25, -0.2) is 0 Å². The second-order valence-corrected chi connectivity index (χ2v) is 7.63. The van der Waals surface area contributed by atoms with Crippen molar-refractivity contribution in [2.45, 2.75) is 16.8 Å². The highest BCUT2D eigenvalue weighted by Gasteiger charge is 2.32. The lowest BCUT2D eigenvalue weighted by Gasteiger charge is -2.27. The van der Waals surface area contributed by atoms with E-state index in [9.17, 15) is 18.0 Å². The van der Waals surface area contributed by atoms with E-state index < -0.39 is 5.51 Å². The lowest BCUT2D eigenvalue weighted by molar-refractivity contribution is -0.0328. The number of benzene rings is 2. The van der Waals surface area contributed by atoms with E-state index in [1.165, 1.54) is 18.2 Å². The van der Waals surface area contributed by atoms with Crippen molar-refractivity contribution in [3.63, 3.8) is 0 Å². The molecule has 1 aliphatic heterocycles. The van der Waals surface area contributed by atoms with Crippen molar-refractivity contribution in [2.24, 2.45) is 0 Å². The van der Waals surface area contributed by atoms with Gasteiger partial charge < -0.3 is 9.88 Å². The molecule has 0 saturated heterocycles. The molecule has 0 bridgehead atoms. The maximum absolute atomic E-state index is 12.8. The third-order valence-corrected chi connectivity index (χ3v) is 5.58. The molecule has 1 N–H and O–H groups in total. The van der Waals surface area contributed by atoms with Crippen LogP contribution in [0.4, 0.5) is 13.2 Å². The minimum Gasteiger partial charge on any atom is -0.361 e. The SMILES string of the molecule is O=C(c1ccccc1SC(F)(F)F)N1CC=C(c2c[nH]c3ccccc23)CC1. The molecule has 4 rings (SSSR count). The van der Waals surface area contributed by atoms with Crippen molar-refractivity contribution in [1.29, 1.82) is 0 Å². The molecule has 28 heavy (non-hydrogen) atoms. The van der Waals surface area contributed by atoms with Crippen molar-refractivity contribution in [2.75, 3.05) is 13.1 Å². The largest absolute Gasteiger partial charge is 0.446 e. The molecule has 7 heteroatoms. The molecule has 0 radical (unpaired) electrons. The molecule has 0 saturated carbocycles. The molecule has 2 aromatic carbocycles. The number of rotatable bonds is 3. The number of aromatic nitrogens is 1. The first-order valence-corrected chi connectivity index (χ1v) is 9.63. The quantitative estimate of drug-likeness (QED) is 0.570. The van der Waals surface area contributed by atoms with Crippen LogP contribution < -0.4 is 0 Å².